The van der Waals surface area contributed by atoms with Gasteiger partial charge in [0.2, 0.25) is 0 Å². The van der Waals surface area contributed by atoms with Gasteiger partial charge in [-0.25, -0.2) is 14.6 Å². The Hall–Kier alpha value is -1.93. The standard InChI is InChI=1S/C12H10BrF2N3O2/c1-19-6-2-3-10(7(13)4-6)20-12-9(15)5-8(14)11(17-12)18-16/h2-5H,16H2,1H3,(H,17,18). The van der Waals surface area contributed by atoms with Gasteiger partial charge in [-0.05, 0) is 34.1 Å². The molecule has 0 atom stereocenters. The quantitative estimate of drug-likeness (QED) is 0.657. The van der Waals surface area contributed by atoms with Crippen molar-refractivity contribution in [3.05, 3.63) is 40.4 Å². The molecule has 20 heavy (non-hydrogen) atoms. The lowest BCUT2D eigenvalue weighted by molar-refractivity contribution is 0.404. The van der Waals surface area contributed by atoms with Crippen LogP contribution in [0.4, 0.5) is 14.6 Å². The van der Waals surface area contributed by atoms with E-state index in [-0.39, 0.29) is 5.82 Å². The summed E-state index contributed by atoms with van der Waals surface area (Å²) in [6.45, 7) is 0. The van der Waals surface area contributed by atoms with Crippen molar-refractivity contribution in [2.75, 3.05) is 12.5 Å². The highest BCUT2D eigenvalue weighted by Crippen LogP contribution is 2.33. The normalized spacial score (nSPS) is 10.2. The van der Waals surface area contributed by atoms with Crippen LogP contribution in [0.2, 0.25) is 0 Å². The van der Waals surface area contributed by atoms with E-state index in [1.54, 1.807) is 18.2 Å². The largest absolute Gasteiger partial charge is 0.497 e. The molecule has 0 aliphatic carbocycles. The first-order valence-electron chi connectivity index (χ1n) is 5.39. The van der Waals surface area contributed by atoms with Crippen LogP contribution in [0.1, 0.15) is 0 Å². The van der Waals surface area contributed by atoms with E-state index in [1.165, 1.54) is 7.11 Å². The van der Waals surface area contributed by atoms with Gasteiger partial charge in [-0.2, -0.15) is 4.98 Å². The minimum atomic E-state index is -0.941. The van der Waals surface area contributed by atoms with Crippen LogP contribution in [0.3, 0.4) is 0 Å². The van der Waals surface area contributed by atoms with Gasteiger partial charge in [0.25, 0.3) is 5.88 Å². The number of hydrogen-bond donors (Lipinski definition) is 2. The molecule has 0 saturated carbocycles. The van der Waals surface area contributed by atoms with E-state index in [9.17, 15) is 8.78 Å². The third-order valence-corrected chi connectivity index (χ3v) is 3.00. The smallest absolute Gasteiger partial charge is 0.258 e. The molecular weight excluding hydrogens is 336 g/mol. The number of hydrogen-bond acceptors (Lipinski definition) is 5. The first-order chi connectivity index (χ1) is 9.55. The van der Waals surface area contributed by atoms with E-state index in [0.29, 0.717) is 22.0 Å². The number of nitrogens with two attached hydrogens (primary N) is 1. The van der Waals surface area contributed by atoms with E-state index >= 15 is 0 Å². The molecule has 1 aromatic heterocycles. The lowest BCUT2D eigenvalue weighted by Crippen LogP contribution is -2.11. The summed E-state index contributed by atoms with van der Waals surface area (Å²) in [7, 11) is 1.52. The van der Waals surface area contributed by atoms with Gasteiger partial charge in [-0.15, -0.1) is 0 Å². The van der Waals surface area contributed by atoms with Crippen molar-refractivity contribution in [2.24, 2.45) is 5.84 Å². The molecule has 2 rings (SSSR count). The molecule has 0 amide bonds. The summed E-state index contributed by atoms with van der Waals surface area (Å²) in [5, 5.41) is 0. The third-order valence-electron chi connectivity index (χ3n) is 2.38. The van der Waals surface area contributed by atoms with E-state index in [2.05, 4.69) is 20.9 Å². The molecule has 2 aromatic rings. The van der Waals surface area contributed by atoms with Crippen molar-refractivity contribution >= 4 is 21.7 Å². The zero-order chi connectivity index (χ0) is 14.7. The van der Waals surface area contributed by atoms with Crippen LogP contribution in [-0.4, -0.2) is 12.1 Å². The minimum absolute atomic E-state index is 0.298. The van der Waals surface area contributed by atoms with Crippen LogP contribution in [0.5, 0.6) is 17.4 Å². The van der Waals surface area contributed by atoms with Gasteiger partial charge in [0.05, 0.1) is 11.6 Å². The monoisotopic (exact) mass is 345 g/mol. The van der Waals surface area contributed by atoms with E-state index in [1.807, 2.05) is 5.43 Å². The predicted molar refractivity (Wildman–Crippen MR) is 72.7 cm³/mol. The van der Waals surface area contributed by atoms with Crippen molar-refractivity contribution < 1.29 is 18.3 Å². The van der Waals surface area contributed by atoms with Crippen LogP contribution >= 0.6 is 15.9 Å². The number of rotatable bonds is 4. The topological polar surface area (TPSA) is 69.4 Å². The number of aromatic nitrogens is 1. The number of benzene rings is 1. The van der Waals surface area contributed by atoms with E-state index in [4.69, 9.17) is 15.3 Å². The number of pyridine rings is 1. The molecule has 0 unspecified atom stereocenters. The average Bonchev–Trinajstić information content (AvgIpc) is 2.43. The number of nitrogens with one attached hydrogen (secondary N) is 1. The van der Waals surface area contributed by atoms with Crippen molar-refractivity contribution in [3.8, 4) is 17.4 Å². The van der Waals surface area contributed by atoms with Crippen LogP contribution in [0.15, 0.2) is 28.7 Å². The Morgan fingerprint density at radius 1 is 1.25 bits per heavy atom. The second kappa shape index (κ2) is 6.02. The van der Waals surface area contributed by atoms with Crippen LogP contribution in [0, 0.1) is 11.6 Å². The maximum absolute atomic E-state index is 13.6. The van der Waals surface area contributed by atoms with Gasteiger partial charge in [0.15, 0.2) is 17.5 Å². The number of anilines is 1. The van der Waals surface area contributed by atoms with Crippen molar-refractivity contribution in [3.63, 3.8) is 0 Å². The van der Waals surface area contributed by atoms with E-state index < -0.39 is 17.5 Å². The third kappa shape index (κ3) is 2.97. The van der Waals surface area contributed by atoms with Crippen LogP contribution in [-0.2, 0) is 0 Å². The molecule has 106 valence electrons. The Morgan fingerprint density at radius 2 is 2.00 bits per heavy atom. The second-order valence-corrected chi connectivity index (χ2v) is 4.50. The van der Waals surface area contributed by atoms with E-state index in [0.717, 1.165) is 0 Å². The SMILES string of the molecule is COc1ccc(Oc2nc(NN)c(F)cc2F)c(Br)c1. The summed E-state index contributed by atoms with van der Waals surface area (Å²) in [6, 6.07) is 5.46. The average molecular weight is 346 g/mol. The molecule has 0 aliphatic rings. The number of halogens is 3. The highest BCUT2D eigenvalue weighted by molar-refractivity contribution is 9.10. The molecule has 1 aromatic carbocycles. The fourth-order valence-corrected chi connectivity index (χ4v) is 1.86. The number of ether oxygens (including phenoxy) is 2. The molecule has 0 saturated heterocycles. The maximum atomic E-state index is 13.6. The lowest BCUT2D eigenvalue weighted by Gasteiger charge is -2.10. The molecule has 0 radical (unpaired) electrons. The first kappa shape index (κ1) is 14.5. The highest BCUT2D eigenvalue weighted by atomic mass is 79.9. The maximum Gasteiger partial charge on any atom is 0.258 e. The molecule has 0 spiro atoms. The zero-order valence-electron chi connectivity index (χ0n) is 10.3. The highest BCUT2D eigenvalue weighted by Gasteiger charge is 2.14. The van der Waals surface area contributed by atoms with Gasteiger partial charge in [0, 0.05) is 6.07 Å². The Labute approximate surface area is 121 Å². The van der Waals surface area contributed by atoms with Crippen LogP contribution in [0.25, 0.3) is 0 Å². The summed E-state index contributed by atoms with van der Waals surface area (Å²) in [4.78, 5) is 3.61. The minimum Gasteiger partial charge on any atom is -0.497 e. The van der Waals surface area contributed by atoms with Gasteiger partial charge in [0.1, 0.15) is 11.5 Å². The van der Waals surface area contributed by atoms with Gasteiger partial charge >= 0.3 is 0 Å². The molecule has 1 heterocycles. The molecule has 8 heteroatoms. The Morgan fingerprint density at radius 3 is 2.60 bits per heavy atom. The van der Waals surface area contributed by atoms with Crippen molar-refractivity contribution in [1.29, 1.82) is 0 Å². The zero-order valence-corrected chi connectivity index (χ0v) is 11.9. The second-order valence-electron chi connectivity index (χ2n) is 3.65. The van der Waals surface area contributed by atoms with Gasteiger partial charge in [-0.1, -0.05) is 0 Å². The molecule has 0 bridgehead atoms. The molecule has 0 fully saturated rings. The summed E-state index contributed by atoms with van der Waals surface area (Å²) < 4.78 is 37.7. The fourth-order valence-electron chi connectivity index (χ4n) is 1.42. The summed E-state index contributed by atoms with van der Waals surface area (Å²) >= 11 is 3.25. The number of methoxy groups -OCH3 is 1. The fraction of sp³-hybridized carbons (Fsp3) is 0.0833. The summed E-state index contributed by atoms with van der Waals surface area (Å²) in [6.07, 6.45) is 0. The Kier molecular flexibility index (Phi) is 4.35. The number of nitrogens with zero attached hydrogens (tertiary/aromatic N) is 1. The van der Waals surface area contributed by atoms with Crippen molar-refractivity contribution in [2.45, 2.75) is 0 Å². The summed E-state index contributed by atoms with van der Waals surface area (Å²) in [5.41, 5.74) is 2.02. The van der Waals surface area contributed by atoms with Crippen molar-refractivity contribution in [1.82, 2.24) is 4.98 Å². The predicted octanol–water partition coefficient (Wildman–Crippen LogP) is 3.21. The molecule has 5 nitrogen and oxygen atoms in total. The summed E-state index contributed by atoms with van der Waals surface area (Å²) in [5.74, 6) is 3.41. The molecular formula is C12H10BrF2N3O2. The molecule has 3 N–H and O–H groups in total. The Balaban J connectivity index is 2.34. The number of hydrazine groups is 1. The van der Waals surface area contributed by atoms with Crippen LogP contribution < -0.4 is 20.7 Å². The number of nitrogen functional groups attached to an aromatic ring is 1. The first-order valence-corrected chi connectivity index (χ1v) is 6.18. The Bertz CT molecular complexity index is 640. The van der Waals surface area contributed by atoms with Gasteiger partial charge < -0.3 is 14.9 Å². The lowest BCUT2D eigenvalue weighted by atomic mass is 10.3. The molecule has 0 aliphatic heterocycles. The van der Waals surface area contributed by atoms with Gasteiger partial charge in [-0.3, -0.25) is 0 Å².